The van der Waals surface area contributed by atoms with Crippen LogP contribution in [0.15, 0.2) is 18.2 Å². The summed E-state index contributed by atoms with van der Waals surface area (Å²) in [4.78, 5) is 0. The molecule has 1 N–H and O–H groups in total. The van der Waals surface area contributed by atoms with Crippen molar-refractivity contribution in [2.45, 2.75) is 33.3 Å². The maximum Gasteiger partial charge on any atom is 0.231 e. The Labute approximate surface area is 118 Å². The van der Waals surface area contributed by atoms with Crippen LogP contribution in [-0.4, -0.2) is 18.0 Å². The van der Waals surface area contributed by atoms with Crippen LogP contribution < -0.4 is 9.47 Å². The van der Waals surface area contributed by atoms with Crippen molar-refractivity contribution in [3.05, 3.63) is 28.8 Å². The molecule has 4 heteroatoms. The molecule has 1 aromatic carbocycles. The summed E-state index contributed by atoms with van der Waals surface area (Å²) in [6.45, 7) is 6.49. The fourth-order valence-electron chi connectivity index (χ4n) is 1.99. The van der Waals surface area contributed by atoms with E-state index in [2.05, 4.69) is 20.8 Å². The first-order valence-electron chi connectivity index (χ1n) is 6.31. The van der Waals surface area contributed by atoms with Crippen molar-refractivity contribution >= 4 is 17.7 Å². The molecule has 1 atom stereocenters. The molecular formula is C15H19ClO3. The van der Waals surface area contributed by atoms with Crippen molar-refractivity contribution in [2.75, 3.05) is 6.79 Å². The van der Waals surface area contributed by atoms with Gasteiger partial charge in [0.05, 0.1) is 11.1 Å². The average molecular weight is 283 g/mol. The van der Waals surface area contributed by atoms with Crippen LogP contribution in [0.3, 0.4) is 0 Å². The van der Waals surface area contributed by atoms with E-state index in [1.54, 1.807) is 6.08 Å². The number of fused-ring (bicyclic) bond motifs is 1. The fraction of sp³-hybridized carbons (Fsp3) is 0.467. The molecule has 0 saturated heterocycles. The van der Waals surface area contributed by atoms with Gasteiger partial charge in [0.25, 0.3) is 0 Å². The third-order valence-electron chi connectivity index (χ3n) is 2.83. The minimum Gasteiger partial charge on any atom is -0.454 e. The molecule has 0 radical (unpaired) electrons. The number of benzene rings is 1. The first kappa shape index (κ1) is 14.2. The molecule has 104 valence electrons. The van der Waals surface area contributed by atoms with Crippen molar-refractivity contribution in [3.8, 4) is 11.5 Å². The topological polar surface area (TPSA) is 38.7 Å². The lowest BCUT2D eigenvalue weighted by Crippen LogP contribution is -2.15. The van der Waals surface area contributed by atoms with Crippen LogP contribution in [0.5, 0.6) is 11.5 Å². The first-order valence-corrected chi connectivity index (χ1v) is 6.69. The Hall–Kier alpha value is -1.19. The minimum atomic E-state index is -0.485. The molecular weight excluding hydrogens is 264 g/mol. The van der Waals surface area contributed by atoms with Crippen molar-refractivity contribution in [2.24, 2.45) is 5.41 Å². The molecule has 1 aromatic rings. The van der Waals surface area contributed by atoms with E-state index in [1.165, 1.54) is 0 Å². The van der Waals surface area contributed by atoms with Crippen molar-refractivity contribution in [1.82, 2.24) is 0 Å². The highest BCUT2D eigenvalue weighted by atomic mass is 35.5. The van der Waals surface area contributed by atoms with E-state index in [9.17, 15) is 5.11 Å². The number of aliphatic hydroxyl groups is 1. The summed E-state index contributed by atoms with van der Waals surface area (Å²) >= 11 is 6.23. The maximum absolute atomic E-state index is 9.94. The molecule has 3 nitrogen and oxygen atoms in total. The van der Waals surface area contributed by atoms with Gasteiger partial charge >= 0.3 is 0 Å². The molecule has 1 heterocycles. The molecule has 0 bridgehead atoms. The SMILES string of the molecule is CC(C)(C)CC(O)/C=C/c1ccc2c(c1Cl)OCO2. The number of hydrogen-bond donors (Lipinski definition) is 1. The van der Waals surface area contributed by atoms with Gasteiger partial charge in [-0.3, -0.25) is 0 Å². The second-order valence-corrected chi connectivity index (χ2v) is 6.27. The van der Waals surface area contributed by atoms with Crippen LogP contribution in [0, 0.1) is 5.41 Å². The van der Waals surface area contributed by atoms with Gasteiger partial charge < -0.3 is 14.6 Å². The summed E-state index contributed by atoms with van der Waals surface area (Å²) in [6, 6.07) is 3.68. The number of ether oxygens (including phenoxy) is 2. The van der Waals surface area contributed by atoms with Crippen LogP contribution in [-0.2, 0) is 0 Å². The number of aliphatic hydroxyl groups excluding tert-OH is 1. The van der Waals surface area contributed by atoms with Crippen LogP contribution >= 0.6 is 11.6 Å². The summed E-state index contributed by atoms with van der Waals surface area (Å²) < 4.78 is 10.6. The summed E-state index contributed by atoms with van der Waals surface area (Å²) in [7, 11) is 0. The Morgan fingerprint density at radius 2 is 2.11 bits per heavy atom. The van der Waals surface area contributed by atoms with Crippen molar-refractivity contribution in [1.29, 1.82) is 0 Å². The molecule has 0 amide bonds. The van der Waals surface area contributed by atoms with E-state index in [4.69, 9.17) is 21.1 Å². The van der Waals surface area contributed by atoms with Crippen LogP contribution in [0.25, 0.3) is 6.08 Å². The lowest BCUT2D eigenvalue weighted by molar-refractivity contribution is 0.162. The highest BCUT2D eigenvalue weighted by Crippen LogP contribution is 2.41. The number of hydrogen-bond acceptors (Lipinski definition) is 3. The highest BCUT2D eigenvalue weighted by molar-refractivity contribution is 6.33. The van der Waals surface area contributed by atoms with Crippen LogP contribution in [0.1, 0.15) is 32.8 Å². The summed E-state index contributed by atoms with van der Waals surface area (Å²) in [5.74, 6) is 1.24. The molecule has 1 aliphatic rings. The van der Waals surface area contributed by atoms with Gasteiger partial charge in [-0.1, -0.05) is 44.5 Å². The molecule has 0 spiro atoms. The molecule has 0 aromatic heterocycles. The Morgan fingerprint density at radius 1 is 1.37 bits per heavy atom. The van der Waals surface area contributed by atoms with Gasteiger partial charge in [-0.25, -0.2) is 0 Å². The van der Waals surface area contributed by atoms with E-state index in [0.717, 1.165) is 5.56 Å². The highest BCUT2D eigenvalue weighted by Gasteiger charge is 2.19. The first-order chi connectivity index (χ1) is 8.87. The third kappa shape index (κ3) is 3.64. The molecule has 0 fully saturated rings. The van der Waals surface area contributed by atoms with Gasteiger partial charge in [0.1, 0.15) is 0 Å². The summed E-state index contributed by atoms with van der Waals surface area (Å²) in [6.07, 6.45) is 3.79. The normalized spacial score (nSPS) is 16.1. The van der Waals surface area contributed by atoms with Gasteiger partial charge in [-0.15, -0.1) is 0 Å². The summed E-state index contributed by atoms with van der Waals surface area (Å²) in [5.41, 5.74) is 0.904. The lowest BCUT2D eigenvalue weighted by Gasteiger charge is -2.20. The van der Waals surface area contributed by atoms with E-state index >= 15 is 0 Å². The summed E-state index contributed by atoms with van der Waals surface area (Å²) in [5, 5.41) is 10.5. The molecule has 0 aliphatic carbocycles. The number of halogens is 1. The largest absolute Gasteiger partial charge is 0.454 e. The number of rotatable bonds is 3. The van der Waals surface area contributed by atoms with E-state index < -0.39 is 6.10 Å². The standard InChI is InChI=1S/C15H19ClO3/c1-15(2,3)8-11(17)6-4-10-5-7-12-14(13(10)16)19-9-18-12/h4-7,11,17H,8-9H2,1-3H3/b6-4+. The van der Waals surface area contributed by atoms with Crippen LogP contribution in [0.2, 0.25) is 5.02 Å². The molecule has 0 saturated carbocycles. The quantitative estimate of drug-likeness (QED) is 0.914. The van der Waals surface area contributed by atoms with E-state index in [0.29, 0.717) is 22.9 Å². The zero-order valence-corrected chi connectivity index (χ0v) is 12.2. The Morgan fingerprint density at radius 3 is 2.79 bits per heavy atom. The van der Waals surface area contributed by atoms with Crippen molar-refractivity contribution < 1.29 is 14.6 Å². The maximum atomic E-state index is 9.94. The zero-order valence-electron chi connectivity index (χ0n) is 11.4. The predicted molar refractivity (Wildman–Crippen MR) is 76.7 cm³/mol. The van der Waals surface area contributed by atoms with Gasteiger partial charge in [-0.05, 0) is 29.5 Å². The van der Waals surface area contributed by atoms with Gasteiger partial charge in [-0.2, -0.15) is 0 Å². The zero-order chi connectivity index (χ0) is 14.0. The fourth-order valence-corrected chi connectivity index (χ4v) is 2.27. The van der Waals surface area contributed by atoms with Gasteiger partial charge in [0.15, 0.2) is 11.5 Å². The minimum absolute atomic E-state index is 0.0858. The second kappa shape index (κ2) is 5.43. The third-order valence-corrected chi connectivity index (χ3v) is 3.22. The Bertz CT molecular complexity index is 489. The van der Waals surface area contributed by atoms with E-state index in [1.807, 2.05) is 18.2 Å². The van der Waals surface area contributed by atoms with Gasteiger partial charge in [0.2, 0.25) is 6.79 Å². The molecule has 1 aliphatic heterocycles. The average Bonchev–Trinajstić information content (AvgIpc) is 2.74. The monoisotopic (exact) mass is 282 g/mol. The second-order valence-electron chi connectivity index (χ2n) is 5.89. The van der Waals surface area contributed by atoms with Crippen LogP contribution in [0.4, 0.5) is 0 Å². The molecule has 19 heavy (non-hydrogen) atoms. The predicted octanol–water partition coefficient (Wildman–Crippen LogP) is 3.88. The van der Waals surface area contributed by atoms with E-state index in [-0.39, 0.29) is 12.2 Å². The van der Waals surface area contributed by atoms with Crippen molar-refractivity contribution in [3.63, 3.8) is 0 Å². The molecule has 1 unspecified atom stereocenters. The smallest absolute Gasteiger partial charge is 0.231 e. The lowest BCUT2D eigenvalue weighted by atomic mass is 9.89. The Kier molecular flexibility index (Phi) is 4.07. The molecule has 2 rings (SSSR count). The Balaban J connectivity index is 2.11. The van der Waals surface area contributed by atoms with Gasteiger partial charge in [0, 0.05) is 0 Å².